The second-order valence-electron chi connectivity index (χ2n) is 2.91. The minimum absolute atomic E-state index is 0.0167. The highest BCUT2D eigenvalue weighted by atomic mass is 16.5. The molecule has 3 nitrogen and oxygen atoms in total. The van der Waals surface area contributed by atoms with Gasteiger partial charge in [-0.3, -0.25) is 4.79 Å². The molecular formula is C11H12O3. The number of ether oxygens (including phenoxy) is 2. The molecule has 1 heterocycles. The van der Waals surface area contributed by atoms with Crippen molar-refractivity contribution in [1.29, 1.82) is 0 Å². The van der Waals surface area contributed by atoms with Gasteiger partial charge in [0.25, 0.3) is 0 Å². The van der Waals surface area contributed by atoms with Crippen LogP contribution in [0.25, 0.3) is 0 Å². The summed E-state index contributed by atoms with van der Waals surface area (Å²) in [7, 11) is 1.27. The molecule has 14 heavy (non-hydrogen) atoms. The highest BCUT2D eigenvalue weighted by Gasteiger charge is 2.13. The van der Waals surface area contributed by atoms with Gasteiger partial charge < -0.3 is 9.47 Å². The molecule has 0 aliphatic carbocycles. The summed E-state index contributed by atoms with van der Waals surface area (Å²) in [5, 5.41) is 0. The van der Waals surface area contributed by atoms with Gasteiger partial charge in [-0.25, -0.2) is 0 Å². The molecule has 0 spiro atoms. The Labute approximate surface area is 88.3 Å². The molecule has 0 fully saturated rings. The van der Waals surface area contributed by atoms with Crippen LogP contribution in [0.2, 0.25) is 0 Å². The average molecular weight is 196 g/mol. The average Bonchev–Trinajstić information content (AvgIpc) is 2.46. The van der Waals surface area contributed by atoms with Gasteiger partial charge in [0, 0.05) is 9.11 Å². The number of hydrogen-bond acceptors (Lipinski definition) is 3. The lowest BCUT2D eigenvalue weighted by Gasteiger charge is -2.02. The number of aryl methyl sites for hydroxylation is 1. The molecule has 1 aromatic carbocycles. The Hall–Kier alpha value is -1.51. The summed E-state index contributed by atoms with van der Waals surface area (Å²) in [6, 6.07) is 4.50. The fraction of sp³-hybridized carbons (Fsp3) is 0.364. The third-order valence-electron chi connectivity index (χ3n) is 1.97. The fourth-order valence-electron chi connectivity index (χ4n) is 1.25. The van der Waals surface area contributed by atoms with E-state index in [0.29, 0.717) is 5.56 Å². The standard InChI is InChI=1S/C11H12O3/c1-13-11(12)7-8-2-3-10-9(6-8)4-5-14-10/h2-3,6H,4-5,7H2,1H3/i4D2,5D2. The van der Waals surface area contributed by atoms with Gasteiger partial charge in [0.2, 0.25) is 0 Å². The Morgan fingerprint density at radius 2 is 2.57 bits per heavy atom. The van der Waals surface area contributed by atoms with Crippen molar-refractivity contribution in [1.82, 2.24) is 0 Å². The molecule has 0 amide bonds. The summed E-state index contributed by atoms with van der Waals surface area (Å²) < 4.78 is 40.0. The van der Waals surface area contributed by atoms with Crippen molar-refractivity contribution in [3.63, 3.8) is 0 Å². The maximum atomic E-state index is 11.1. The van der Waals surface area contributed by atoms with Gasteiger partial charge in [-0.15, -0.1) is 0 Å². The van der Waals surface area contributed by atoms with E-state index in [0.717, 1.165) is 0 Å². The third kappa shape index (κ3) is 1.71. The summed E-state index contributed by atoms with van der Waals surface area (Å²) >= 11 is 0. The Bertz CT molecular complexity index is 499. The van der Waals surface area contributed by atoms with E-state index in [1.54, 1.807) is 6.07 Å². The Morgan fingerprint density at radius 1 is 1.71 bits per heavy atom. The summed E-state index contributed by atoms with van der Waals surface area (Å²) in [6.45, 7) is -2.40. The van der Waals surface area contributed by atoms with Crippen LogP contribution in [-0.4, -0.2) is 19.6 Å². The monoisotopic (exact) mass is 196 g/mol. The van der Waals surface area contributed by atoms with Crippen LogP contribution in [0.4, 0.5) is 0 Å². The van der Waals surface area contributed by atoms with Crippen molar-refractivity contribution in [3.8, 4) is 5.75 Å². The second-order valence-corrected chi connectivity index (χ2v) is 2.91. The molecule has 1 aliphatic rings. The van der Waals surface area contributed by atoms with Crippen LogP contribution in [0, 0.1) is 0 Å². The Balaban J connectivity index is 2.38. The van der Waals surface area contributed by atoms with Crippen molar-refractivity contribution < 1.29 is 19.8 Å². The molecule has 0 saturated carbocycles. The first-order chi connectivity index (χ1) is 8.28. The van der Waals surface area contributed by atoms with Crippen molar-refractivity contribution in [2.24, 2.45) is 0 Å². The molecule has 0 N–H and O–H groups in total. The molecule has 0 radical (unpaired) electrons. The maximum absolute atomic E-state index is 11.1. The predicted octanol–water partition coefficient (Wildman–Crippen LogP) is 1.34. The molecule has 0 aromatic heterocycles. The summed E-state index contributed by atoms with van der Waals surface area (Å²) in [4.78, 5) is 11.1. The van der Waals surface area contributed by atoms with Gasteiger partial charge >= 0.3 is 5.97 Å². The Kier molecular flexibility index (Phi) is 1.42. The fourth-order valence-corrected chi connectivity index (χ4v) is 1.25. The maximum Gasteiger partial charge on any atom is 0.309 e. The van der Waals surface area contributed by atoms with E-state index in [4.69, 9.17) is 10.2 Å². The van der Waals surface area contributed by atoms with Crippen LogP contribution in [0.15, 0.2) is 18.2 Å². The normalized spacial score (nSPS) is 24.6. The van der Waals surface area contributed by atoms with E-state index in [9.17, 15) is 4.79 Å². The quantitative estimate of drug-likeness (QED) is 0.669. The number of hydrogen-bond donors (Lipinski definition) is 0. The van der Waals surface area contributed by atoms with E-state index in [-0.39, 0.29) is 17.7 Å². The number of rotatable bonds is 2. The number of benzene rings is 1. The minimum Gasteiger partial charge on any atom is -0.493 e. The number of esters is 1. The van der Waals surface area contributed by atoms with Crippen LogP contribution in [0.1, 0.15) is 16.6 Å². The van der Waals surface area contributed by atoms with Crippen molar-refractivity contribution >= 4 is 5.97 Å². The molecule has 74 valence electrons. The third-order valence-corrected chi connectivity index (χ3v) is 1.97. The lowest BCUT2D eigenvalue weighted by molar-refractivity contribution is -0.139. The SMILES string of the molecule is [2H]C1([2H])Oc2ccc(CC(=O)OC)cc2C1([2H])[2H]. The highest BCUT2D eigenvalue weighted by molar-refractivity contribution is 5.72. The van der Waals surface area contributed by atoms with E-state index in [2.05, 4.69) is 4.74 Å². The largest absolute Gasteiger partial charge is 0.493 e. The second kappa shape index (κ2) is 3.70. The van der Waals surface area contributed by atoms with Crippen LogP contribution in [0.3, 0.4) is 0 Å². The van der Waals surface area contributed by atoms with E-state index >= 15 is 0 Å². The number of methoxy groups -OCH3 is 1. The predicted molar refractivity (Wildman–Crippen MR) is 51.4 cm³/mol. The van der Waals surface area contributed by atoms with Crippen LogP contribution >= 0.6 is 0 Å². The summed E-state index contributed by atoms with van der Waals surface area (Å²) in [5.74, 6) is -0.268. The molecule has 0 bridgehead atoms. The molecule has 3 heteroatoms. The van der Waals surface area contributed by atoms with Gasteiger partial charge in [-0.1, -0.05) is 12.1 Å². The van der Waals surface area contributed by atoms with Gasteiger partial charge in [0.15, 0.2) is 0 Å². The van der Waals surface area contributed by atoms with Crippen molar-refractivity contribution in [3.05, 3.63) is 29.3 Å². The van der Waals surface area contributed by atoms with Gasteiger partial charge in [-0.05, 0) is 17.2 Å². The van der Waals surface area contributed by atoms with E-state index in [1.807, 2.05) is 0 Å². The van der Waals surface area contributed by atoms with Crippen LogP contribution < -0.4 is 4.74 Å². The first-order valence-electron chi connectivity index (χ1n) is 6.17. The number of carbonyl (C=O) groups excluding carboxylic acids is 1. The topological polar surface area (TPSA) is 35.5 Å². The van der Waals surface area contributed by atoms with Gasteiger partial charge in [-0.2, -0.15) is 0 Å². The zero-order valence-corrected chi connectivity index (χ0v) is 7.66. The molecule has 2 rings (SSSR count). The summed E-state index contributed by atoms with van der Waals surface area (Å²) in [6.07, 6.45) is -2.22. The van der Waals surface area contributed by atoms with Crippen LogP contribution in [0.5, 0.6) is 5.75 Å². The molecule has 1 aromatic rings. The molecule has 0 atom stereocenters. The number of carbonyl (C=O) groups is 1. The first kappa shape index (κ1) is 5.39. The molecule has 1 aliphatic heterocycles. The zero-order chi connectivity index (χ0) is 13.6. The number of fused-ring (bicyclic) bond motifs is 1. The Morgan fingerprint density at radius 3 is 3.36 bits per heavy atom. The van der Waals surface area contributed by atoms with Crippen molar-refractivity contribution in [2.75, 3.05) is 13.7 Å². The smallest absolute Gasteiger partial charge is 0.309 e. The van der Waals surface area contributed by atoms with Crippen LogP contribution in [-0.2, 0) is 22.3 Å². The van der Waals surface area contributed by atoms with Crippen molar-refractivity contribution in [2.45, 2.75) is 12.8 Å². The van der Waals surface area contributed by atoms with Gasteiger partial charge in [0.1, 0.15) is 5.75 Å². The lowest BCUT2D eigenvalue weighted by Crippen LogP contribution is -2.04. The molecule has 0 unspecified atom stereocenters. The molecular weight excluding hydrogens is 180 g/mol. The van der Waals surface area contributed by atoms with E-state index in [1.165, 1.54) is 19.2 Å². The zero-order valence-electron chi connectivity index (χ0n) is 11.7. The molecule has 0 saturated heterocycles. The first-order valence-corrected chi connectivity index (χ1v) is 4.17. The highest BCUT2D eigenvalue weighted by Crippen LogP contribution is 2.25. The lowest BCUT2D eigenvalue weighted by atomic mass is 10.1. The summed E-state index contributed by atoms with van der Waals surface area (Å²) in [5.41, 5.74) is 0.680. The minimum atomic E-state index is -2.40. The van der Waals surface area contributed by atoms with E-state index < -0.39 is 18.9 Å². The van der Waals surface area contributed by atoms with Gasteiger partial charge in [0.05, 0.1) is 22.8 Å².